The second-order valence-electron chi connectivity index (χ2n) is 8.74. The van der Waals surface area contributed by atoms with Gasteiger partial charge in [-0.15, -0.1) is 0 Å². The van der Waals surface area contributed by atoms with Crippen LogP contribution in [0, 0.1) is 13.8 Å². The van der Waals surface area contributed by atoms with Gasteiger partial charge in [0.25, 0.3) is 11.8 Å². The number of nitrogens with zero attached hydrogens (tertiary/aromatic N) is 2. The van der Waals surface area contributed by atoms with Crippen molar-refractivity contribution < 1.29 is 28.2 Å². The molecule has 9 nitrogen and oxygen atoms in total. The number of hydrogen-bond acceptors (Lipinski definition) is 7. The number of ether oxygens (including phenoxy) is 3. The van der Waals surface area contributed by atoms with Gasteiger partial charge in [-0.3, -0.25) is 9.59 Å². The summed E-state index contributed by atoms with van der Waals surface area (Å²) in [7, 11) is 0. The summed E-state index contributed by atoms with van der Waals surface area (Å²) in [6.07, 6.45) is -0.701. The van der Waals surface area contributed by atoms with E-state index < -0.39 is 11.7 Å². The Hall–Kier alpha value is -4.01. The molecule has 0 N–H and O–H groups in total. The molecular weight excluding hydrogens is 452 g/mol. The van der Waals surface area contributed by atoms with Crippen LogP contribution in [0.4, 0.5) is 0 Å². The number of fused-ring (bicyclic) bond motifs is 2. The Kier molecular flexibility index (Phi) is 6.07. The lowest BCUT2D eigenvalue weighted by Gasteiger charge is -2.37. The molecule has 0 unspecified atom stereocenters. The van der Waals surface area contributed by atoms with Gasteiger partial charge in [-0.2, -0.15) is 0 Å². The number of carbonyl (C=O) groups is 2. The van der Waals surface area contributed by atoms with Crippen molar-refractivity contribution in [3.05, 3.63) is 64.0 Å². The maximum Gasteiger partial charge on any atom is 0.336 e. The zero-order valence-corrected chi connectivity index (χ0v) is 19.6. The van der Waals surface area contributed by atoms with Gasteiger partial charge in [0.05, 0.1) is 5.39 Å². The normalized spacial score (nSPS) is 17.4. The summed E-state index contributed by atoms with van der Waals surface area (Å²) in [4.78, 5) is 40.9. The summed E-state index contributed by atoms with van der Waals surface area (Å²) in [6, 6.07) is 12.3. The van der Waals surface area contributed by atoms with Crippen molar-refractivity contribution in [1.82, 2.24) is 9.80 Å². The van der Waals surface area contributed by atoms with Crippen LogP contribution in [-0.4, -0.2) is 67.1 Å². The molecule has 1 aromatic heterocycles. The first-order valence-corrected chi connectivity index (χ1v) is 11.5. The molecule has 5 rings (SSSR count). The molecule has 2 aliphatic heterocycles. The second kappa shape index (κ2) is 9.32. The number of carbonyl (C=O) groups excluding carboxylic acids is 2. The average molecular weight is 479 g/mol. The van der Waals surface area contributed by atoms with Crippen LogP contribution in [0.3, 0.4) is 0 Å². The highest BCUT2D eigenvalue weighted by Crippen LogP contribution is 2.32. The fourth-order valence-electron chi connectivity index (χ4n) is 4.44. The third-order valence-electron chi connectivity index (χ3n) is 6.23. The summed E-state index contributed by atoms with van der Waals surface area (Å²) >= 11 is 0. The highest BCUT2D eigenvalue weighted by Gasteiger charge is 2.33. The molecule has 35 heavy (non-hydrogen) atoms. The first-order chi connectivity index (χ1) is 16.9. The number of hydrogen-bond donors (Lipinski definition) is 0. The Morgan fingerprint density at radius 1 is 1.00 bits per heavy atom. The van der Waals surface area contributed by atoms with Crippen molar-refractivity contribution in [2.75, 3.05) is 39.4 Å². The zero-order chi connectivity index (χ0) is 24.5. The van der Waals surface area contributed by atoms with Crippen LogP contribution >= 0.6 is 0 Å². The van der Waals surface area contributed by atoms with E-state index >= 15 is 0 Å². The number of amides is 2. The Morgan fingerprint density at radius 2 is 1.71 bits per heavy atom. The van der Waals surface area contributed by atoms with Crippen molar-refractivity contribution in [1.29, 1.82) is 0 Å². The maximum absolute atomic E-state index is 12.9. The smallest absolute Gasteiger partial charge is 0.336 e. The van der Waals surface area contributed by atoms with Crippen LogP contribution in [0.5, 0.6) is 17.2 Å². The summed E-state index contributed by atoms with van der Waals surface area (Å²) in [5, 5.41) is 0.676. The minimum Gasteiger partial charge on any atom is -0.485 e. The molecular formula is C26H26N2O7. The average Bonchev–Trinajstić information content (AvgIpc) is 2.85. The van der Waals surface area contributed by atoms with Crippen molar-refractivity contribution in [3.63, 3.8) is 0 Å². The summed E-state index contributed by atoms with van der Waals surface area (Å²) in [5.41, 5.74) is 1.59. The molecule has 9 heteroatoms. The molecule has 182 valence electrons. The molecule has 2 aliphatic rings. The lowest BCUT2D eigenvalue weighted by Crippen LogP contribution is -2.55. The van der Waals surface area contributed by atoms with Crippen LogP contribution in [0.1, 0.15) is 11.1 Å². The van der Waals surface area contributed by atoms with E-state index in [1.54, 1.807) is 34.9 Å². The van der Waals surface area contributed by atoms with Crippen LogP contribution in [-0.2, 0) is 9.59 Å². The molecule has 2 amide bonds. The van der Waals surface area contributed by atoms with E-state index in [-0.39, 0.29) is 25.0 Å². The highest BCUT2D eigenvalue weighted by atomic mass is 16.6. The SMILES string of the molecule is Cc1cc(OCC(=O)N2CCN(C(=O)[C@@H]3COc4ccccc4O3)CC2)c2c(C)cc(=O)oc2c1. The largest absolute Gasteiger partial charge is 0.485 e. The number of aryl methyl sites for hydroxylation is 2. The van der Waals surface area contributed by atoms with E-state index in [9.17, 15) is 14.4 Å². The number of para-hydroxylation sites is 2. The second-order valence-corrected chi connectivity index (χ2v) is 8.74. The molecule has 3 heterocycles. The minimum atomic E-state index is -0.701. The monoisotopic (exact) mass is 478 g/mol. The van der Waals surface area contributed by atoms with Crippen molar-refractivity contribution in [2.24, 2.45) is 0 Å². The van der Waals surface area contributed by atoms with Gasteiger partial charge in [-0.25, -0.2) is 4.79 Å². The first kappa shape index (κ1) is 22.8. The van der Waals surface area contributed by atoms with Crippen LogP contribution in [0.15, 0.2) is 51.7 Å². The Labute approximate surface area is 201 Å². The minimum absolute atomic E-state index is 0.147. The Balaban J connectivity index is 1.18. The number of piperazine rings is 1. The van der Waals surface area contributed by atoms with E-state index in [0.29, 0.717) is 54.4 Å². The van der Waals surface area contributed by atoms with Gasteiger partial charge in [-0.05, 0) is 49.2 Å². The third kappa shape index (κ3) is 4.66. The lowest BCUT2D eigenvalue weighted by atomic mass is 10.1. The van der Waals surface area contributed by atoms with E-state index in [1.165, 1.54) is 6.07 Å². The van der Waals surface area contributed by atoms with Gasteiger partial charge in [0, 0.05) is 32.2 Å². The standard InChI is InChI=1S/C26H26N2O7/c1-16-11-20(25-17(2)13-24(30)35-21(25)12-16)33-15-23(29)27-7-9-28(10-8-27)26(31)22-14-32-18-5-3-4-6-19(18)34-22/h3-6,11-13,22H,7-10,14-15H2,1-2H3/t22-/m0/s1. The van der Waals surface area contributed by atoms with Gasteiger partial charge in [0.1, 0.15) is 17.9 Å². The predicted molar refractivity (Wildman–Crippen MR) is 127 cm³/mol. The lowest BCUT2D eigenvalue weighted by molar-refractivity contribution is -0.146. The predicted octanol–water partition coefficient (Wildman–Crippen LogP) is 2.30. The van der Waals surface area contributed by atoms with Crippen molar-refractivity contribution >= 4 is 22.8 Å². The maximum atomic E-state index is 12.9. The Morgan fingerprint density at radius 3 is 2.49 bits per heavy atom. The van der Waals surface area contributed by atoms with Crippen molar-refractivity contribution in [3.8, 4) is 17.2 Å². The van der Waals surface area contributed by atoms with E-state index in [1.807, 2.05) is 25.1 Å². The fraction of sp³-hybridized carbons (Fsp3) is 0.346. The summed E-state index contributed by atoms with van der Waals surface area (Å²) in [6.45, 7) is 5.30. The van der Waals surface area contributed by atoms with Gasteiger partial charge < -0.3 is 28.4 Å². The van der Waals surface area contributed by atoms with Crippen LogP contribution < -0.4 is 19.8 Å². The number of benzene rings is 2. The molecule has 0 radical (unpaired) electrons. The molecule has 0 spiro atoms. The van der Waals surface area contributed by atoms with Gasteiger partial charge in [0.15, 0.2) is 18.1 Å². The highest BCUT2D eigenvalue weighted by molar-refractivity contribution is 5.88. The van der Waals surface area contributed by atoms with Crippen molar-refractivity contribution in [2.45, 2.75) is 20.0 Å². The van der Waals surface area contributed by atoms with E-state index in [2.05, 4.69) is 0 Å². The van der Waals surface area contributed by atoms with E-state index in [4.69, 9.17) is 18.6 Å². The fourth-order valence-corrected chi connectivity index (χ4v) is 4.44. The van der Waals surface area contributed by atoms with Gasteiger partial charge >= 0.3 is 5.63 Å². The Bertz CT molecular complexity index is 1340. The summed E-state index contributed by atoms with van der Waals surface area (Å²) in [5.74, 6) is 1.36. The molecule has 1 saturated heterocycles. The van der Waals surface area contributed by atoms with Gasteiger partial charge in [0.2, 0.25) is 6.10 Å². The zero-order valence-electron chi connectivity index (χ0n) is 19.6. The van der Waals surface area contributed by atoms with Crippen LogP contribution in [0.25, 0.3) is 11.0 Å². The first-order valence-electron chi connectivity index (χ1n) is 11.5. The summed E-state index contributed by atoms with van der Waals surface area (Å²) < 4.78 is 22.7. The van der Waals surface area contributed by atoms with Gasteiger partial charge in [-0.1, -0.05) is 12.1 Å². The van der Waals surface area contributed by atoms with Crippen LogP contribution in [0.2, 0.25) is 0 Å². The molecule has 1 fully saturated rings. The third-order valence-corrected chi connectivity index (χ3v) is 6.23. The quantitative estimate of drug-likeness (QED) is 0.531. The molecule has 2 aromatic carbocycles. The molecule has 0 bridgehead atoms. The molecule has 3 aromatic rings. The number of rotatable bonds is 4. The molecule has 1 atom stereocenters. The topological polar surface area (TPSA) is 98.5 Å². The molecule has 0 aliphatic carbocycles. The van der Waals surface area contributed by atoms with E-state index in [0.717, 1.165) is 11.1 Å². The molecule has 0 saturated carbocycles.